The van der Waals surface area contributed by atoms with Crippen LogP contribution in [0, 0.1) is 11.8 Å². The molecule has 2 aliphatic rings. The monoisotopic (exact) mass is 210 g/mol. The van der Waals surface area contributed by atoms with Crippen LogP contribution in [-0.2, 0) is 0 Å². The summed E-state index contributed by atoms with van der Waals surface area (Å²) < 4.78 is 0. The Hall–Kier alpha value is -0.0800. The summed E-state index contributed by atoms with van der Waals surface area (Å²) in [5, 5.41) is 3.70. The highest BCUT2D eigenvalue weighted by atomic mass is 15.2. The Kier molecular flexibility index (Phi) is 3.68. The second kappa shape index (κ2) is 4.84. The van der Waals surface area contributed by atoms with Crippen molar-refractivity contribution >= 4 is 0 Å². The van der Waals surface area contributed by atoms with Crippen LogP contribution in [0.4, 0.5) is 0 Å². The van der Waals surface area contributed by atoms with Gasteiger partial charge in [0.2, 0.25) is 0 Å². The van der Waals surface area contributed by atoms with Crippen molar-refractivity contribution < 1.29 is 0 Å². The maximum absolute atomic E-state index is 3.70. The largest absolute Gasteiger partial charge is 0.313 e. The smallest absolute Gasteiger partial charge is 0.0197 e. The van der Waals surface area contributed by atoms with Gasteiger partial charge in [-0.05, 0) is 44.2 Å². The molecule has 88 valence electrons. The summed E-state index contributed by atoms with van der Waals surface area (Å²) in [7, 11) is 0. The van der Waals surface area contributed by atoms with Crippen LogP contribution in [0.3, 0.4) is 0 Å². The molecule has 3 unspecified atom stereocenters. The van der Waals surface area contributed by atoms with Gasteiger partial charge in [-0.15, -0.1) is 0 Å². The van der Waals surface area contributed by atoms with Gasteiger partial charge in [0.15, 0.2) is 0 Å². The molecular formula is C13H26N2. The SMILES string of the molecule is CC(C)CC1CN(C2CC2C)CCCN1. The molecule has 2 rings (SSSR count). The summed E-state index contributed by atoms with van der Waals surface area (Å²) >= 11 is 0. The average molecular weight is 210 g/mol. The molecule has 0 spiro atoms. The molecule has 0 aromatic carbocycles. The Morgan fingerprint density at radius 3 is 2.73 bits per heavy atom. The van der Waals surface area contributed by atoms with Crippen molar-refractivity contribution in [3.8, 4) is 0 Å². The van der Waals surface area contributed by atoms with Gasteiger partial charge < -0.3 is 5.32 Å². The van der Waals surface area contributed by atoms with Crippen LogP contribution in [0.15, 0.2) is 0 Å². The van der Waals surface area contributed by atoms with E-state index in [2.05, 4.69) is 31.0 Å². The molecule has 1 N–H and O–H groups in total. The van der Waals surface area contributed by atoms with Gasteiger partial charge in [0.25, 0.3) is 0 Å². The Morgan fingerprint density at radius 1 is 1.40 bits per heavy atom. The first-order chi connectivity index (χ1) is 7.16. The minimum atomic E-state index is 0.736. The minimum Gasteiger partial charge on any atom is -0.313 e. The lowest BCUT2D eigenvalue weighted by molar-refractivity contribution is 0.238. The standard InChI is InChI=1S/C13H26N2/c1-10(2)7-12-9-15(6-4-5-14-12)13-8-11(13)3/h10-14H,4-9H2,1-3H3. The van der Waals surface area contributed by atoms with Gasteiger partial charge in [-0.3, -0.25) is 4.90 Å². The van der Waals surface area contributed by atoms with Crippen molar-refractivity contribution in [3.63, 3.8) is 0 Å². The molecule has 2 fully saturated rings. The molecule has 1 saturated heterocycles. The van der Waals surface area contributed by atoms with Gasteiger partial charge in [0.05, 0.1) is 0 Å². The zero-order chi connectivity index (χ0) is 10.8. The lowest BCUT2D eigenvalue weighted by atomic mass is 10.0. The van der Waals surface area contributed by atoms with Gasteiger partial charge in [-0.2, -0.15) is 0 Å². The van der Waals surface area contributed by atoms with Crippen LogP contribution in [0.2, 0.25) is 0 Å². The Balaban J connectivity index is 1.85. The molecular weight excluding hydrogens is 184 g/mol. The van der Waals surface area contributed by atoms with Crippen molar-refractivity contribution in [1.29, 1.82) is 0 Å². The molecule has 1 aliphatic heterocycles. The van der Waals surface area contributed by atoms with E-state index in [0.29, 0.717) is 0 Å². The fourth-order valence-electron chi connectivity index (χ4n) is 2.87. The second-order valence-electron chi connectivity index (χ2n) is 5.91. The first-order valence-corrected chi connectivity index (χ1v) is 6.64. The van der Waals surface area contributed by atoms with E-state index in [-0.39, 0.29) is 0 Å². The van der Waals surface area contributed by atoms with Crippen LogP contribution in [0.25, 0.3) is 0 Å². The molecule has 0 radical (unpaired) electrons. The predicted molar refractivity (Wildman–Crippen MR) is 65.0 cm³/mol. The number of nitrogens with one attached hydrogen (secondary N) is 1. The Labute approximate surface area is 94.4 Å². The number of hydrogen-bond acceptors (Lipinski definition) is 2. The van der Waals surface area contributed by atoms with E-state index in [1.54, 1.807) is 0 Å². The fraction of sp³-hybridized carbons (Fsp3) is 1.00. The van der Waals surface area contributed by atoms with E-state index in [1.165, 1.54) is 38.9 Å². The number of hydrogen-bond donors (Lipinski definition) is 1. The maximum Gasteiger partial charge on any atom is 0.0197 e. The molecule has 1 saturated carbocycles. The normalized spacial score (nSPS) is 38.0. The number of rotatable bonds is 3. The highest BCUT2D eigenvalue weighted by molar-refractivity contribution is 4.94. The Bertz CT molecular complexity index is 203. The third kappa shape index (κ3) is 3.18. The number of nitrogens with zero attached hydrogens (tertiary/aromatic N) is 1. The lowest BCUT2D eigenvalue weighted by Crippen LogP contribution is -2.39. The fourth-order valence-corrected chi connectivity index (χ4v) is 2.87. The van der Waals surface area contributed by atoms with Gasteiger partial charge in [-0.25, -0.2) is 0 Å². The van der Waals surface area contributed by atoms with Gasteiger partial charge in [0.1, 0.15) is 0 Å². The van der Waals surface area contributed by atoms with Crippen LogP contribution in [0.5, 0.6) is 0 Å². The average Bonchev–Trinajstić information content (AvgIpc) is 2.88. The van der Waals surface area contributed by atoms with Gasteiger partial charge in [-0.1, -0.05) is 20.8 Å². The summed E-state index contributed by atoms with van der Waals surface area (Å²) in [5.74, 6) is 1.78. The third-order valence-electron chi connectivity index (χ3n) is 3.80. The quantitative estimate of drug-likeness (QED) is 0.767. The summed E-state index contributed by atoms with van der Waals surface area (Å²) in [6.45, 7) is 10.9. The molecule has 0 amide bonds. The highest BCUT2D eigenvalue weighted by Gasteiger charge is 2.38. The third-order valence-corrected chi connectivity index (χ3v) is 3.80. The first-order valence-electron chi connectivity index (χ1n) is 6.64. The van der Waals surface area contributed by atoms with Crippen LogP contribution < -0.4 is 5.32 Å². The first kappa shape index (κ1) is 11.4. The van der Waals surface area contributed by atoms with E-state index in [4.69, 9.17) is 0 Å². The van der Waals surface area contributed by atoms with Gasteiger partial charge >= 0.3 is 0 Å². The van der Waals surface area contributed by atoms with Crippen LogP contribution >= 0.6 is 0 Å². The molecule has 2 nitrogen and oxygen atoms in total. The van der Waals surface area contributed by atoms with Crippen molar-refractivity contribution in [3.05, 3.63) is 0 Å². The van der Waals surface area contributed by atoms with Crippen molar-refractivity contribution in [2.45, 2.75) is 52.1 Å². The predicted octanol–water partition coefficient (Wildman–Crippen LogP) is 2.10. The highest BCUT2D eigenvalue weighted by Crippen LogP contribution is 2.35. The molecule has 1 heterocycles. The van der Waals surface area contributed by atoms with E-state index in [0.717, 1.165) is 23.9 Å². The summed E-state index contributed by atoms with van der Waals surface area (Å²) in [6.07, 6.45) is 4.10. The van der Waals surface area contributed by atoms with E-state index < -0.39 is 0 Å². The zero-order valence-electron chi connectivity index (χ0n) is 10.5. The van der Waals surface area contributed by atoms with E-state index in [9.17, 15) is 0 Å². The van der Waals surface area contributed by atoms with E-state index in [1.807, 2.05) is 0 Å². The van der Waals surface area contributed by atoms with Crippen molar-refractivity contribution in [2.75, 3.05) is 19.6 Å². The topological polar surface area (TPSA) is 15.3 Å². The zero-order valence-corrected chi connectivity index (χ0v) is 10.5. The molecule has 0 aromatic heterocycles. The molecule has 2 heteroatoms. The van der Waals surface area contributed by atoms with Crippen molar-refractivity contribution in [1.82, 2.24) is 10.2 Å². The lowest BCUT2D eigenvalue weighted by Gasteiger charge is -2.25. The molecule has 0 aromatic rings. The van der Waals surface area contributed by atoms with Crippen LogP contribution in [0.1, 0.15) is 40.0 Å². The molecule has 1 aliphatic carbocycles. The molecule has 3 atom stereocenters. The summed E-state index contributed by atoms with van der Waals surface area (Å²) in [6, 6.07) is 1.65. The Morgan fingerprint density at radius 2 is 2.13 bits per heavy atom. The molecule has 15 heavy (non-hydrogen) atoms. The molecule has 0 bridgehead atoms. The summed E-state index contributed by atoms with van der Waals surface area (Å²) in [5.41, 5.74) is 0. The minimum absolute atomic E-state index is 0.736. The maximum atomic E-state index is 3.70. The van der Waals surface area contributed by atoms with Crippen LogP contribution in [-0.4, -0.2) is 36.6 Å². The second-order valence-corrected chi connectivity index (χ2v) is 5.91. The van der Waals surface area contributed by atoms with Gasteiger partial charge in [0, 0.05) is 18.6 Å². The van der Waals surface area contributed by atoms with Crippen molar-refractivity contribution in [2.24, 2.45) is 11.8 Å². The van der Waals surface area contributed by atoms with E-state index >= 15 is 0 Å². The summed E-state index contributed by atoms with van der Waals surface area (Å²) in [4.78, 5) is 2.73.